The highest BCUT2D eigenvalue weighted by atomic mass is 16.7. The van der Waals surface area contributed by atoms with Gasteiger partial charge in [0.25, 0.3) is 0 Å². The summed E-state index contributed by atoms with van der Waals surface area (Å²) >= 11 is 0. The minimum Gasteiger partial charge on any atom is -0.345 e. The van der Waals surface area contributed by atoms with Gasteiger partial charge in [0.15, 0.2) is 18.4 Å². The molecule has 1 saturated heterocycles. The molecule has 7 atom stereocenters. The molecule has 4 aliphatic carbocycles. The van der Waals surface area contributed by atoms with Crippen LogP contribution in [0.15, 0.2) is 11.6 Å². The summed E-state index contributed by atoms with van der Waals surface area (Å²) < 4.78 is 12.8. The monoisotopic (exact) mass is 386 g/mol. The van der Waals surface area contributed by atoms with Crippen molar-refractivity contribution in [3.8, 4) is 0 Å². The van der Waals surface area contributed by atoms with E-state index in [9.17, 15) is 14.4 Å². The highest BCUT2D eigenvalue weighted by Crippen LogP contribution is 2.73. The third-order valence-electron chi connectivity index (χ3n) is 9.46. The van der Waals surface area contributed by atoms with Crippen molar-refractivity contribution in [1.82, 2.24) is 0 Å². The van der Waals surface area contributed by atoms with E-state index in [0.29, 0.717) is 31.0 Å². The highest BCUT2D eigenvalue weighted by molar-refractivity contribution is 6.29. The van der Waals surface area contributed by atoms with E-state index in [2.05, 4.69) is 13.8 Å². The first-order valence-corrected chi connectivity index (χ1v) is 10.8. The number of hydrogen-bond donors (Lipinski definition) is 0. The van der Waals surface area contributed by atoms with Crippen LogP contribution in [0.4, 0.5) is 0 Å². The Morgan fingerprint density at radius 2 is 1.86 bits per heavy atom. The molecule has 152 valence electrons. The maximum Gasteiger partial charge on any atom is 0.227 e. The Morgan fingerprint density at radius 3 is 2.61 bits per heavy atom. The van der Waals surface area contributed by atoms with Gasteiger partial charge >= 0.3 is 0 Å². The third kappa shape index (κ3) is 1.93. The number of ether oxygens (including phenoxy) is 2. The van der Waals surface area contributed by atoms with E-state index in [1.165, 1.54) is 5.57 Å². The number of hydrogen-bond acceptors (Lipinski definition) is 5. The molecule has 5 aliphatic rings. The van der Waals surface area contributed by atoms with E-state index in [1.807, 2.05) is 13.0 Å². The minimum absolute atomic E-state index is 0.0394. The summed E-state index contributed by atoms with van der Waals surface area (Å²) in [5.74, 6) is 0.615. The molecule has 0 aromatic carbocycles. The second-order valence-electron chi connectivity index (χ2n) is 10.2. The summed E-state index contributed by atoms with van der Waals surface area (Å²) in [6, 6.07) is 0. The molecular formula is C23H30O5. The number of carbonyl (C=O) groups excluding carboxylic acids is 3. The molecule has 0 N–H and O–H groups in total. The molecule has 4 fully saturated rings. The predicted octanol–water partition coefficient (Wildman–Crippen LogP) is 3.54. The average Bonchev–Trinajstić information content (AvgIpc) is 2.80. The normalized spacial score (nSPS) is 52.2. The van der Waals surface area contributed by atoms with Crippen molar-refractivity contribution in [2.45, 2.75) is 89.6 Å². The lowest BCUT2D eigenvalue weighted by Gasteiger charge is -2.66. The number of allylic oxidation sites excluding steroid dienone is 1. The minimum atomic E-state index is -1.04. The largest absolute Gasteiger partial charge is 0.345 e. The summed E-state index contributed by atoms with van der Waals surface area (Å²) in [7, 11) is 0. The van der Waals surface area contributed by atoms with Crippen molar-refractivity contribution in [2.24, 2.45) is 22.7 Å². The van der Waals surface area contributed by atoms with Gasteiger partial charge in [-0.3, -0.25) is 14.4 Å². The van der Waals surface area contributed by atoms with Crippen LogP contribution in [0.5, 0.6) is 0 Å². The van der Waals surface area contributed by atoms with Crippen molar-refractivity contribution in [3.63, 3.8) is 0 Å². The van der Waals surface area contributed by atoms with E-state index >= 15 is 0 Å². The van der Waals surface area contributed by atoms with Crippen LogP contribution >= 0.6 is 0 Å². The Kier molecular flexibility index (Phi) is 3.76. The Hall–Kier alpha value is -1.33. The van der Waals surface area contributed by atoms with Crippen LogP contribution in [0.3, 0.4) is 0 Å². The van der Waals surface area contributed by atoms with Crippen LogP contribution in [0.1, 0.15) is 72.1 Å². The van der Waals surface area contributed by atoms with Crippen LogP contribution in [0.2, 0.25) is 0 Å². The average molecular weight is 386 g/mol. The van der Waals surface area contributed by atoms with Gasteiger partial charge in [-0.25, -0.2) is 0 Å². The van der Waals surface area contributed by atoms with Crippen molar-refractivity contribution in [2.75, 3.05) is 0 Å². The number of ketones is 2. The SMILES string of the molecule is CC1O[C@@]2(C(=O)C=O)CC[C@@]3(O1)[C@@H]1CCC4=CC(=O)CC[C@]4(C)[C@H]1CC[C@]23C. The number of aldehydes is 1. The molecule has 2 bridgehead atoms. The molecule has 0 spiro atoms. The van der Waals surface area contributed by atoms with Gasteiger partial charge in [0.2, 0.25) is 5.78 Å². The smallest absolute Gasteiger partial charge is 0.227 e. The predicted molar refractivity (Wildman–Crippen MR) is 101 cm³/mol. The molecule has 1 aliphatic heterocycles. The number of Topliss-reactive ketones (excluding diaryl/α,β-unsaturated/α-hetero) is 1. The van der Waals surface area contributed by atoms with Gasteiger partial charge in [0.1, 0.15) is 5.60 Å². The molecule has 0 aromatic heterocycles. The van der Waals surface area contributed by atoms with Crippen LogP contribution in [-0.2, 0) is 23.9 Å². The lowest BCUT2D eigenvalue weighted by Crippen LogP contribution is -2.71. The van der Waals surface area contributed by atoms with Gasteiger partial charge in [-0.15, -0.1) is 0 Å². The van der Waals surface area contributed by atoms with Gasteiger partial charge in [0, 0.05) is 11.8 Å². The fourth-order valence-corrected chi connectivity index (χ4v) is 8.11. The number of carbonyl (C=O) groups is 3. The Morgan fingerprint density at radius 1 is 1.07 bits per heavy atom. The summed E-state index contributed by atoms with van der Waals surface area (Å²) in [5, 5.41) is 0. The van der Waals surface area contributed by atoms with Crippen molar-refractivity contribution in [1.29, 1.82) is 0 Å². The van der Waals surface area contributed by atoms with Crippen molar-refractivity contribution >= 4 is 17.9 Å². The maximum absolute atomic E-state index is 12.8. The zero-order valence-corrected chi connectivity index (χ0v) is 17.1. The number of fused-ring (bicyclic) bond motifs is 3. The third-order valence-corrected chi connectivity index (χ3v) is 9.46. The molecule has 5 nitrogen and oxygen atoms in total. The zero-order valence-electron chi connectivity index (χ0n) is 17.1. The molecule has 1 heterocycles. The lowest BCUT2D eigenvalue weighted by atomic mass is 9.44. The van der Waals surface area contributed by atoms with Crippen molar-refractivity contribution in [3.05, 3.63) is 11.6 Å². The first-order chi connectivity index (χ1) is 13.2. The second-order valence-corrected chi connectivity index (χ2v) is 10.2. The molecule has 0 aromatic rings. The molecule has 0 amide bonds. The highest BCUT2D eigenvalue weighted by Gasteiger charge is 2.77. The molecule has 3 saturated carbocycles. The standard InChI is InChI=1S/C23H30O5/c1-14-27-22-10-11-23(28-14,19(26)13-24)21(22,3)9-7-17-18(22)5-4-15-12-16(25)6-8-20(15,17)2/h12-14,17-18H,4-11H2,1-3H3/t14?,17-,18+,20-,21-,22+,23+/m0/s1. The lowest BCUT2D eigenvalue weighted by molar-refractivity contribution is -0.363. The summed E-state index contributed by atoms with van der Waals surface area (Å²) in [6.45, 7) is 6.32. The van der Waals surface area contributed by atoms with Gasteiger partial charge < -0.3 is 9.47 Å². The molecule has 1 unspecified atom stereocenters. The second kappa shape index (κ2) is 5.63. The summed E-state index contributed by atoms with van der Waals surface area (Å²) in [5.41, 5.74) is -0.594. The maximum atomic E-state index is 12.8. The number of rotatable bonds is 2. The molecule has 5 heteroatoms. The van der Waals surface area contributed by atoms with Crippen LogP contribution in [0, 0.1) is 22.7 Å². The van der Waals surface area contributed by atoms with E-state index in [0.717, 1.165) is 38.5 Å². The van der Waals surface area contributed by atoms with E-state index < -0.39 is 28.7 Å². The quantitative estimate of drug-likeness (QED) is 0.536. The Bertz CT molecular complexity index is 801. The zero-order chi connectivity index (χ0) is 19.9. The topological polar surface area (TPSA) is 69.7 Å². The van der Waals surface area contributed by atoms with Crippen LogP contribution in [-0.4, -0.2) is 35.3 Å². The van der Waals surface area contributed by atoms with E-state index in [4.69, 9.17) is 9.47 Å². The molecule has 0 radical (unpaired) electrons. The van der Waals surface area contributed by atoms with E-state index in [1.54, 1.807) is 0 Å². The van der Waals surface area contributed by atoms with Gasteiger partial charge in [0.05, 0.1) is 5.60 Å². The molecular weight excluding hydrogens is 356 g/mol. The van der Waals surface area contributed by atoms with Gasteiger partial charge in [-0.1, -0.05) is 19.4 Å². The van der Waals surface area contributed by atoms with Gasteiger partial charge in [-0.2, -0.15) is 0 Å². The Balaban J connectivity index is 1.62. The van der Waals surface area contributed by atoms with Gasteiger partial charge in [-0.05, 0) is 75.2 Å². The summed E-state index contributed by atoms with van der Waals surface area (Å²) in [6.07, 6.45) is 8.45. The first-order valence-electron chi connectivity index (χ1n) is 10.8. The van der Waals surface area contributed by atoms with Crippen LogP contribution in [0.25, 0.3) is 0 Å². The Labute approximate surface area is 166 Å². The molecule has 28 heavy (non-hydrogen) atoms. The fourth-order valence-electron chi connectivity index (χ4n) is 8.11. The fraction of sp³-hybridized carbons (Fsp3) is 0.783. The van der Waals surface area contributed by atoms with Crippen LogP contribution < -0.4 is 0 Å². The molecule has 5 rings (SSSR count). The first kappa shape index (κ1) is 18.7. The van der Waals surface area contributed by atoms with Crippen molar-refractivity contribution < 1.29 is 23.9 Å². The summed E-state index contributed by atoms with van der Waals surface area (Å²) in [4.78, 5) is 36.4. The van der Waals surface area contributed by atoms with E-state index in [-0.39, 0.29) is 11.2 Å².